The number of rotatable bonds is 3. The first kappa shape index (κ1) is 14.1. The maximum absolute atomic E-state index is 4.59. The molecule has 17 heavy (non-hydrogen) atoms. The molecule has 0 saturated carbocycles. The summed E-state index contributed by atoms with van der Waals surface area (Å²) in [5, 5.41) is 0. The molecule has 2 heteroatoms. The Morgan fingerprint density at radius 3 is 2.41 bits per heavy atom. The molecule has 0 radical (unpaired) electrons. The molecule has 0 aromatic carbocycles. The van der Waals surface area contributed by atoms with Gasteiger partial charge in [0.05, 0.1) is 0 Å². The molecule has 2 atom stereocenters. The maximum Gasteiger partial charge on any atom is 0.133 e. The van der Waals surface area contributed by atoms with Crippen LogP contribution in [0.5, 0.6) is 0 Å². The van der Waals surface area contributed by atoms with Gasteiger partial charge >= 0.3 is 0 Å². The molecule has 1 heterocycles. The van der Waals surface area contributed by atoms with Crippen molar-refractivity contribution in [3.63, 3.8) is 0 Å². The Balaban J connectivity index is 2.98. The topological polar surface area (TPSA) is 24.7 Å². The zero-order chi connectivity index (χ0) is 13.1. The smallest absolute Gasteiger partial charge is 0.133 e. The van der Waals surface area contributed by atoms with Crippen LogP contribution in [0.4, 0.5) is 0 Å². The number of hydrogen-bond acceptors (Lipinski definition) is 2. The molecule has 0 N–H and O–H groups in total. The van der Waals surface area contributed by atoms with Gasteiger partial charge in [-0.3, -0.25) is 0 Å². The molecule has 2 nitrogen and oxygen atoms in total. The summed E-state index contributed by atoms with van der Waals surface area (Å²) < 4.78 is 0. The van der Waals surface area contributed by atoms with Crippen molar-refractivity contribution in [2.75, 3.05) is 0 Å². The van der Waals surface area contributed by atoms with E-state index in [0.29, 0.717) is 11.3 Å². The first-order valence-electron chi connectivity index (χ1n) is 6.56. The summed E-state index contributed by atoms with van der Waals surface area (Å²) in [7, 11) is 0. The number of nitrogens with zero attached hydrogens (tertiary/aromatic N) is 2. The van der Waals surface area contributed by atoms with Gasteiger partial charge in [-0.2, -0.15) is 0 Å². The van der Waals surface area contributed by atoms with Gasteiger partial charge in [0.2, 0.25) is 0 Å². The van der Waals surface area contributed by atoms with Crippen LogP contribution in [0, 0.1) is 16.7 Å². The molecule has 0 saturated heterocycles. The van der Waals surface area contributed by atoms with Crippen molar-refractivity contribution in [3.8, 4) is 0 Å². The van der Waals surface area contributed by atoms with Crippen molar-refractivity contribution in [1.29, 1.82) is 0 Å². The third kappa shape index (κ3) is 4.10. The Morgan fingerprint density at radius 1 is 1.24 bits per heavy atom. The number of hydrogen-bond donors (Lipinski definition) is 0. The van der Waals surface area contributed by atoms with E-state index in [1.54, 1.807) is 0 Å². The minimum absolute atomic E-state index is 0.0726. The second-order valence-electron chi connectivity index (χ2n) is 6.58. The van der Waals surface area contributed by atoms with E-state index < -0.39 is 0 Å². The van der Waals surface area contributed by atoms with Gasteiger partial charge in [0.1, 0.15) is 5.84 Å². The zero-order valence-corrected chi connectivity index (χ0v) is 12.1. The average Bonchev–Trinajstić information content (AvgIpc) is 2.40. The van der Waals surface area contributed by atoms with Gasteiger partial charge in [0, 0.05) is 23.7 Å². The molecule has 0 spiro atoms. The molecule has 0 aromatic heterocycles. The highest BCUT2D eigenvalue weighted by atomic mass is 14.9. The molecule has 0 aromatic rings. The summed E-state index contributed by atoms with van der Waals surface area (Å²) in [4.78, 5) is 9.13. The van der Waals surface area contributed by atoms with E-state index in [4.69, 9.17) is 0 Å². The second-order valence-corrected chi connectivity index (χ2v) is 6.58. The van der Waals surface area contributed by atoms with Crippen molar-refractivity contribution < 1.29 is 0 Å². The minimum atomic E-state index is 0.0726. The fourth-order valence-corrected chi connectivity index (χ4v) is 2.36. The lowest BCUT2D eigenvalue weighted by Gasteiger charge is -2.34. The van der Waals surface area contributed by atoms with Gasteiger partial charge < -0.3 is 0 Å². The van der Waals surface area contributed by atoms with Gasteiger partial charge in [-0.15, -0.1) is 0 Å². The highest BCUT2D eigenvalue weighted by Crippen LogP contribution is 2.38. The van der Waals surface area contributed by atoms with Gasteiger partial charge in [-0.25, -0.2) is 9.98 Å². The summed E-state index contributed by atoms with van der Waals surface area (Å²) >= 11 is 0. The van der Waals surface area contributed by atoms with Gasteiger partial charge in [0.15, 0.2) is 0 Å². The van der Waals surface area contributed by atoms with Crippen LogP contribution in [0.1, 0.15) is 54.4 Å². The van der Waals surface area contributed by atoms with Crippen molar-refractivity contribution in [3.05, 3.63) is 12.3 Å². The van der Waals surface area contributed by atoms with Gasteiger partial charge in [-0.05, 0) is 18.3 Å². The van der Waals surface area contributed by atoms with Crippen LogP contribution in [0.15, 0.2) is 22.3 Å². The Hall–Kier alpha value is -0.920. The normalized spacial score (nSPS) is 24.1. The lowest BCUT2D eigenvalue weighted by atomic mass is 9.72. The van der Waals surface area contributed by atoms with Crippen LogP contribution in [0.25, 0.3) is 0 Å². The van der Waals surface area contributed by atoms with Crippen LogP contribution < -0.4 is 0 Å². The number of allylic oxidation sites excluding steroid dienone is 1. The molecule has 0 aliphatic carbocycles. The first-order chi connectivity index (χ1) is 7.77. The monoisotopic (exact) mass is 234 g/mol. The van der Waals surface area contributed by atoms with E-state index in [0.717, 1.165) is 18.7 Å². The minimum Gasteiger partial charge on any atom is -0.245 e. The zero-order valence-electron chi connectivity index (χ0n) is 12.1. The molecular formula is C15H26N2. The summed E-state index contributed by atoms with van der Waals surface area (Å²) in [6, 6.07) is 0. The first-order valence-corrected chi connectivity index (χ1v) is 6.56. The summed E-state index contributed by atoms with van der Waals surface area (Å²) in [5.74, 6) is 1.36. The molecular weight excluding hydrogens is 208 g/mol. The Labute approximate surface area is 106 Å². The largest absolute Gasteiger partial charge is 0.245 e. The lowest BCUT2D eigenvalue weighted by Crippen LogP contribution is -2.31. The molecule has 0 fully saturated rings. The Morgan fingerprint density at radius 2 is 1.88 bits per heavy atom. The van der Waals surface area contributed by atoms with Crippen LogP contribution in [-0.2, 0) is 0 Å². The molecule has 1 aliphatic heterocycles. The third-order valence-electron chi connectivity index (χ3n) is 3.26. The van der Waals surface area contributed by atoms with E-state index in [-0.39, 0.29) is 5.41 Å². The van der Waals surface area contributed by atoms with Gasteiger partial charge in [-0.1, -0.05) is 47.6 Å². The van der Waals surface area contributed by atoms with Crippen LogP contribution in [0.2, 0.25) is 0 Å². The highest BCUT2D eigenvalue weighted by molar-refractivity contribution is 5.95. The van der Waals surface area contributed by atoms with Crippen molar-refractivity contribution in [2.45, 2.75) is 54.4 Å². The fraction of sp³-hybridized carbons (Fsp3) is 0.733. The standard InChI is InChI=1S/C15H26N2/c1-7-15(6,11-14(3,4)5)13-16-9-8-12(2)10-17-13/h8-10,12H,7,11H2,1-6H3. The van der Waals surface area contributed by atoms with Crippen molar-refractivity contribution >= 4 is 12.1 Å². The average molecular weight is 234 g/mol. The van der Waals surface area contributed by atoms with Crippen molar-refractivity contribution in [2.24, 2.45) is 26.7 Å². The van der Waals surface area contributed by atoms with Crippen LogP contribution in [-0.4, -0.2) is 12.1 Å². The molecule has 1 aliphatic rings. The lowest BCUT2D eigenvalue weighted by molar-refractivity contribution is 0.254. The number of aliphatic imine (C=N–C) groups is 2. The Kier molecular flexibility index (Phi) is 4.29. The van der Waals surface area contributed by atoms with Crippen LogP contribution >= 0.6 is 0 Å². The van der Waals surface area contributed by atoms with E-state index in [2.05, 4.69) is 57.6 Å². The van der Waals surface area contributed by atoms with E-state index in [1.165, 1.54) is 0 Å². The molecule has 1 rings (SSSR count). The molecule has 96 valence electrons. The third-order valence-corrected chi connectivity index (χ3v) is 3.26. The second kappa shape index (κ2) is 5.16. The Bertz CT molecular complexity index is 344. The van der Waals surface area contributed by atoms with E-state index >= 15 is 0 Å². The highest BCUT2D eigenvalue weighted by Gasteiger charge is 2.33. The molecule has 0 bridgehead atoms. The summed E-state index contributed by atoms with van der Waals surface area (Å²) in [6.45, 7) is 13.5. The van der Waals surface area contributed by atoms with E-state index in [1.807, 2.05) is 12.4 Å². The summed E-state index contributed by atoms with van der Waals surface area (Å²) in [6.07, 6.45) is 8.17. The summed E-state index contributed by atoms with van der Waals surface area (Å²) in [5.41, 5.74) is 0.369. The van der Waals surface area contributed by atoms with E-state index in [9.17, 15) is 0 Å². The van der Waals surface area contributed by atoms with Crippen LogP contribution in [0.3, 0.4) is 0 Å². The maximum atomic E-state index is 4.59. The SMILES string of the molecule is CCC(C)(CC(C)(C)C)C1=NC=CC(C)C=N1. The molecule has 2 unspecified atom stereocenters. The number of amidine groups is 1. The quantitative estimate of drug-likeness (QED) is 0.688. The van der Waals surface area contributed by atoms with Crippen molar-refractivity contribution in [1.82, 2.24) is 0 Å². The predicted molar refractivity (Wildman–Crippen MR) is 76.7 cm³/mol. The molecule has 0 amide bonds. The van der Waals surface area contributed by atoms with Gasteiger partial charge in [0.25, 0.3) is 0 Å². The fourth-order valence-electron chi connectivity index (χ4n) is 2.36. The predicted octanol–water partition coefficient (Wildman–Crippen LogP) is 4.47.